The molecular formula is C22H26N4O4S2. The van der Waals surface area contributed by atoms with Gasteiger partial charge in [0.25, 0.3) is 0 Å². The third kappa shape index (κ3) is 6.10. The van der Waals surface area contributed by atoms with Crippen LogP contribution in [0.3, 0.4) is 0 Å². The maximum atomic E-state index is 12.5. The second-order valence-corrected chi connectivity index (χ2v) is 9.01. The van der Waals surface area contributed by atoms with E-state index >= 15 is 0 Å². The molecule has 170 valence electrons. The highest BCUT2D eigenvalue weighted by atomic mass is 32.2. The summed E-state index contributed by atoms with van der Waals surface area (Å²) in [4.78, 5) is 25.7. The van der Waals surface area contributed by atoms with Crippen LogP contribution < -0.4 is 10.1 Å². The fourth-order valence-corrected chi connectivity index (χ4v) is 4.47. The van der Waals surface area contributed by atoms with Gasteiger partial charge >= 0.3 is 5.97 Å². The number of aromatic nitrogens is 3. The fourth-order valence-electron chi connectivity index (χ4n) is 2.74. The number of amides is 1. The minimum atomic E-state index is -0.432. The molecule has 1 N–H and O–H groups in total. The van der Waals surface area contributed by atoms with Crippen molar-refractivity contribution in [2.24, 2.45) is 7.05 Å². The Hall–Kier alpha value is -2.85. The summed E-state index contributed by atoms with van der Waals surface area (Å²) in [6, 6.07) is 9.55. The van der Waals surface area contributed by atoms with Crippen molar-refractivity contribution in [3.63, 3.8) is 0 Å². The fraction of sp³-hybridized carbons (Fsp3) is 0.364. The maximum absolute atomic E-state index is 12.5. The lowest BCUT2D eigenvalue weighted by Crippen LogP contribution is -2.16. The van der Waals surface area contributed by atoms with Crippen LogP contribution in [0.1, 0.15) is 40.5 Å². The Morgan fingerprint density at radius 2 is 1.94 bits per heavy atom. The van der Waals surface area contributed by atoms with E-state index in [1.165, 1.54) is 23.1 Å². The van der Waals surface area contributed by atoms with Crippen LogP contribution in [0.25, 0.3) is 0 Å². The number of hydrogen-bond acceptors (Lipinski definition) is 8. The highest BCUT2D eigenvalue weighted by Crippen LogP contribution is 2.30. The Bertz CT molecular complexity index is 1080. The van der Waals surface area contributed by atoms with E-state index in [1.807, 2.05) is 45.2 Å². The Morgan fingerprint density at radius 1 is 1.19 bits per heavy atom. The third-order valence-electron chi connectivity index (χ3n) is 4.53. The zero-order chi connectivity index (χ0) is 23.1. The largest absolute Gasteiger partial charge is 0.486 e. The van der Waals surface area contributed by atoms with Crippen LogP contribution in [0.5, 0.6) is 5.75 Å². The van der Waals surface area contributed by atoms with Crippen molar-refractivity contribution in [2.75, 3.05) is 17.7 Å². The molecule has 10 heteroatoms. The molecule has 3 rings (SSSR count). The number of ether oxygens (including phenoxy) is 2. The molecule has 0 fully saturated rings. The minimum absolute atomic E-state index is 0.131. The summed E-state index contributed by atoms with van der Waals surface area (Å²) in [5, 5.41) is 12.3. The molecule has 1 aromatic carbocycles. The molecule has 2 aromatic heterocycles. The van der Waals surface area contributed by atoms with Crippen molar-refractivity contribution in [3.05, 3.63) is 52.2 Å². The van der Waals surface area contributed by atoms with Crippen LogP contribution in [-0.2, 0) is 29.6 Å². The summed E-state index contributed by atoms with van der Waals surface area (Å²) >= 11 is 2.65. The predicted octanol–water partition coefficient (Wildman–Crippen LogP) is 4.23. The van der Waals surface area contributed by atoms with Crippen molar-refractivity contribution < 1.29 is 19.1 Å². The van der Waals surface area contributed by atoms with Gasteiger partial charge in [-0.15, -0.1) is 21.5 Å². The number of anilines is 1. The number of carbonyl (C=O) groups is 2. The standard InChI is InChI=1S/C22H26N4O4S2/c1-5-16-11-17(21(28)29-6-2)20(32-16)23-19(27)13-31-22-25-24-18(26(22)4)12-30-15-9-7-14(3)8-10-15/h7-11H,5-6,12-13H2,1-4H3,(H,23,27). The molecule has 0 unspecified atom stereocenters. The van der Waals surface area contributed by atoms with E-state index < -0.39 is 5.97 Å². The van der Waals surface area contributed by atoms with Crippen LogP contribution in [0.2, 0.25) is 0 Å². The van der Waals surface area contributed by atoms with Crippen molar-refractivity contribution in [2.45, 2.75) is 39.0 Å². The van der Waals surface area contributed by atoms with Gasteiger partial charge in [0.1, 0.15) is 17.4 Å². The number of thioether (sulfide) groups is 1. The average Bonchev–Trinajstić information content (AvgIpc) is 3.35. The molecule has 0 atom stereocenters. The first-order valence-corrected chi connectivity index (χ1v) is 12.0. The predicted molar refractivity (Wildman–Crippen MR) is 126 cm³/mol. The van der Waals surface area contributed by atoms with Crippen LogP contribution >= 0.6 is 23.1 Å². The minimum Gasteiger partial charge on any atom is -0.486 e. The summed E-state index contributed by atoms with van der Waals surface area (Å²) in [7, 11) is 1.83. The summed E-state index contributed by atoms with van der Waals surface area (Å²) in [6.07, 6.45) is 0.772. The first-order chi connectivity index (χ1) is 15.4. The Labute approximate surface area is 195 Å². The first-order valence-electron chi connectivity index (χ1n) is 10.2. The Kier molecular flexibility index (Phi) is 8.29. The first kappa shape index (κ1) is 23.8. The number of hydrogen-bond donors (Lipinski definition) is 1. The molecule has 1 amide bonds. The van der Waals surface area contributed by atoms with Gasteiger partial charge in [-0.3, -0.25) is 4.79 Å². The van der Waals surface area contributed by atoms with Crippen LogP contribution in [0.4, 0.5) is 5.00 Å². The van der Waals surface area contributed by atoms with Gasteiger partial charge in [0.15, 0.2) is 11.0 Å². The number of benzene rings is 1. The number of nitrogens with zero attached hydrogens (tertiary/aromatic N) is 3. The summed E-state index contributed by atoms with van der Waals surface area (Å²) in [6.45, 7) is 6.32. The molecule has 0 aliphatic heterocycles. The van der Waals surface area contributed by atoms with Gasteiger partial charge in [-0.05, 0) is 38.5 Å². The van der Waals surface area contributed by atoms with Crippen LogP contribution in [0, 0.1) is 6.92 Å². The Balaban J connectivity index is 1.57. The van der Waals surface area contributed by atoms with Gasteiger partial charge in [0, 0.05) is 11.9 Å². The van der Waals surface area contributed by atoms with Gasteiger partial charge in [-0.25, -0.2) is 4.79 Å². The van der Waals surface area contributed by atoms with Gasteiger partial charge in [0.05, 0.1) is 17.9 Å². The highest BCUT2D eigenvalue weighted by molar-refractivity contribution is 7.99. The third-order valence-corrected chi connectivity index (χ3v) is 6.74. The molecule has 0 bridgehead atoms. The molecule has 0 radical (unpaired) electrons. The zero-order valence-corrected chi connectivity index (χ0v) is 20.1. The lowest BCUT2D eigenvalue weighted by molar-refractivity contribution is -0.113. The van der Waals surface area contributed by atoms with Crippen molar-refractivity contribution in [1.82, 2.24) is 14.8 Å². The molecule has 0 saturated carbocycles. The van der Waals surface area contributed by atoms with Gasteiger partial charge in [0.2, 0.25) is 5.91 Å². The molecule has 0 saturated heterocycles. The number of aryl methyl sites for hydroxylation is 2. The van der Waals surface area contributed by atoms with Gasteiger partial charge in [-0.1, -0.05) is 36.4 Å². The second-order valence-electron chi connectivity index (χ2n) is 6.93. The number of thiophene rings is 1. The number of esters is 1. The van der Waals surface area contributed by atoms with E-state index in [9.17, 15) is 9.59 Å². The van der Waals surface area contributed by atoms with E-state index in [4.69, 9.17) is 9.47 Å². The summed E-state index contributed by atoms with van der Waals surface area (Å²) in [5.74, 6) is 0.881. The molecule has 0 aliphatic rings. The molecule has 32 heavy (non-hydrogen) atoms. The van der Waals surface area contributed by atoms with Crippen LogP contribution in [0.15, 0.2) is 35.5 Å². The van der Waals surface area contributed by atoms with Crippen molar-refractivity contribution >= 4 is 40.0 Å². The normalized spacial score (nSPS) is 10.8. The maximum Gasteiger partial charge on any atom is 0.341 e. The molecule has 2 heterocycles. The van der Waals surface area contributed by atoms with Gasteiger partial charge in [-0.2, -0.15) is 0 Å². The number of carbonyl (C=O) groups excluding carboxylic acids is 2. The quantitative estimate of drug-likeness (QED) is 0.347. The molecule has 0 aliphatic carbocycles. The molecule has 8 nitrogen and oxygen atoms in total. The topological polar surface area (TPSA) is 95.3 Å². The van der Waals surface area contributed by atoms with E-state index in [2.05, 4.69) is 15.5 Å². The number of nitrogens with one attached hydrogen (secondary N) is 1. The molecule has 0 spiro atoms. The summed E-state index contributed by atoms with van der Waals surface area (Å²) < 4.78 is 12.7. The van der Waals surface area contributed by atoms with Crippen molar-refractivity contribution in [1.29, 1.82) is 0 Å². The van der Waals surface area contributed by atoms with Gasteiger partial charge < -0.3 is 19.4 Å². The van der Waals surface area contributed by atoms with E-state index in [1.54, 1.807) is 17.6 Å². The average molecular weight is 475 g/mol. The monoisotopic (exact) mass is 474 g/mol. The van der Waals surface area contributed by atoms with Crippen molar-refractivity contribution in [3.8, 4) is 5.75 Å². The Morgan fingerprint density at radius 3 is 2.62 bits per heavy atom. The second kappa shape index (κ2) is 11.1. The zero-order valence-electron chi connectivity index (χ0n) is 18.5. The van der Waals surface area contributed by atoms with E-state index in [0.717, 1.165) is 22.6 Å². The SMILES string of the molecule is CCOC(=O)c1cc(CC)sc1NC(=O)CSc1nnc(COc2ccc(C)cc2)n1C. The smallest absolute Gasteiger partial charge is 0.341 e. The molecular weight excluding hydrogens is 448 g/mol. The lowest BCUT2D eigenvalue weighted by atomic mass is 10.2. The van der Waals surface area contributed by atoms with E-state index in [0.29, 0.717) is 21.5 Å². The van der Waals surface area contributed by atoms with E-state index in [-0.39, 0.29) is 24.9 Å². The van der Waals surface area contributed by atoms with Crippen LogP contribution in [-0.4, -0.2) is 39.0 Å². The molecule has 3 aromatic rings. The summed E-state index contributed by atoms with van der Waals surface area (Å²) in [5.41, 5.74) is 1.55. The highest BCUT2D eigenvalue weighted by Gasteiger charge is 2.19. The number of rotatable bonds is 10. The lowest BCUT2D eigenvalue weighted by Gasteiger charge is -2.07.